The number of aromatic nitrogens is 2. The summed E-state index contributed by atoms with van der Waals surface area (Å²) >= 11 is 0. The third-order valence-corrected chi connectivity index (χ3v) is 2.98. The molecule has 2 aromatic rings. The molecule has 102 valence electrons. The molecule has 5 nitrogen and oxygen atoms in total. The van der Waals surface area contributed by atoms with Crippen LogP contribution in [-0.2, 0) is 6.42 Å². The Morgan fingerprint density at radius 3 is 2.65 bits per heavy atom. The second-order valence-electron chi connectivity index (χ2n) is 4.53. The summed E-state index contributed by atoms with van der Waals surface area (Å²) in [6.07, 6.45) is 2.79. The molecule has 0 aliphatic carbocycles. The molecule has 0 aliphatic rings. The lowest BCUT2D eigenvalue weighted by Crippen LogP contribution is -2.09. The highest BCUT2D eigenvalue weighted by molar-refractivity contribution is 5.49. The van der Waals surface area contributed by atoms with Gasteiger partial charge in [0.15, 0.2) is 6.19 Å². The molecule has 0 radical (unpaired) electrons. The zero-order valence-electron chi connectivity index (χ0n) is 11.6. The molecular formula is C15H17N5. The number of anilines is 2. The molecule has 0 saturated heterocycles. The summed E-state index contributed by atoms with van der Waals surface area (Å²) < 4.78 is 0. The summed E-state index contributed by atoms with van der Waals surface area (Å²) in [6, 6.07) is 10.1. The fraction of sp³-hybridized carbons (Fsp3) is 0.267. The lowest BCUT2D eigenvalue weighted by Gasteiger charge is -2.09. The van der Waals surface area contributed by atoms with Gasteiger partial charge in [-0.2, -0.15) is 5.26 Å². The van der Waals surface area contributed by atoms with Crippen molar-refractivity contribution in [3.8, 4) is 6.19 Å². The Morgan fingerprint density at radius 2 is 1.90 bits per heavy atom. The highest BCUT2D eigenvalue weighted by Crippen LogP contribution is 2.12. The molecule has 0 aliphatic heterocycles. The molecule has 1 aromatic carbocycles. The van der Waals surface area contributed by atoms with E-state index in [0.29, 0.717) is 11.6 Å². The molecule has 0 atom stereocenters. The summed E-state index contributed by atoms with van der Waals surface area (Å²) in [7, 11) is 0. The summed E-state index contributed by atoms with van der Waals surface area (Å²) in [6.45, 7) is 4.70. The fourth-order valence-electron chi connectivity index (χ4n) is 2.00. The van der Waals surface area contributed by atoms with Crippen LogP contribution in [0.25, 0.3) is 0 Å². The topological polar surface area (TPSA) is 73.6 Å². The van der Waals surface area contributed by atoms with Crippen molar-refractivity contribution in [1.29, 1.82) is 5.26 Å². The molecule has 0 fully saturated rings. The highest BCUT2D eigenvalue weighted by atomic mass is 15.1. The zero-order valence-corrected chi connectivity index (χ0v) is 11.6. The van der Waals surface area contributed by atoms with Gasteiger partial charge in [-0.15, -0.1) is 0 Å². The number of hydrogen-bond donors (Lipinski definition) is 2. The van der Waals surface area contributed by atoms with E-state index in [4.69, 9.17) is 5.26 Å². The number of benzene rings is 1. The highest BCUT2D eigenvalue weighted by Gasteiger charge is 2.02. The maximum absolute atomic E-state index is 8.61. The van der Waals surface area contributed by atoms with Gasteiger partial charge in [-0.05, 0) is 31.4 Å². The van der Waals surface area contributed by atoms with Crippen molar-refractivity contribution < 1.29 is 0 Å². The molecule has 5 heteroatoms. The van der Waals surface area contributed by atoms with Crippen LogP contribution in [0.15, 0.2) is 30.3 Å². The second kappa shape index (κ2) is 6.53. The monoisotopic (exact) mass is 267 g/mol. The lowest BCUT2D eigenvalue weighted by atomic mass is 10.1. The summed E-state index contributed by atoms with van der Waals surface area (Å²) in [4.78, 5) is 8.42. The van der Waals surface area contributed by atoms with E-state index in [1.54, 1.807) is 13.0 Å². The van der Waals surface area contributed by atoms with Crippen molar-refractivity contribution in [2.24, 2.45) is 0 Å². The molecule has 1 heterocycles. The average molecular weight is 267 g/mol. The van der Waals surface area contributed by atoms with Gasteiger partial charge in [-0.1, -0.05) is 24.3 Å². The Labute approximate surface area is 118 Å². The van der Waals surface area contributed by atoms with Gasteiger partial charge in [-0.25, -0.2) is 9.97 Å². The molecular weight excluding hydrogens is 250 g/mol. The Balaban J connectivity index is 1.98. The minimum Gasteiger partial charge on any atom is -0.370 e. The zero-order chi connectivity index (χ0) is 14.4. The van der Waals surface area contributed by atoms with Crippen molar-refractivity contribution in [3.05, 3.63) is 47.3 Å². The molecule has 1 aromatic heterocycles. The van der Waals surface area contributed by atoms with Gasteiger partial charge in [-0.3, -0.25) is 5.32 Å². The van der Waals surface area contributed by atoms with Crippen LogP contribution in [-0.4, -0.2) is 16.5 Å². The van der Waals surface area contributed by atoms with Crippen LogP contribution in [0, 0.1) is 25.3 Å². The van der Waals surface area contributed by atoms with Gasteiger partial charge < -0.3 is 5.32 Å². The van der Waals surface area contributed by atoms with E-state index >= 15 is 0 Å². The smallest absolute Gasteiger partial charge is 0.182 e. The summed E-state index contributed by atoms with van der Waals surface area (Å²) in [5.74, 6) is 1.87. The first-order valence-corrected chi connectivity index (χ1v) is 6.48. The molecule has 0 spiro atoms. The molecule has 0 bridgehead atoms. The van der Waals surface area contributed by atoms with Crippen molar-refractivity contribution >= 4 is 11.6 Å². The Morgan fingerprint density at radius 1 is 1.15 bits per heavy atom. The van der Waals surface area contributed by atoms with Crippen LogP contribution in [0.1, 0.15) is 17.0 Å². The SMILES string of the molecule is Cc1nc(NC#N)cc(NCCc2ccccc2C)n1. The quantitative estimate of drug-likeness (QED) is 0.643. The first-order valence-electron chi connectivity index (χ1n) is 6.48. The van der Waals surface area contributed by atoms with E-state index in [1.165, 1.54) is 11.1 Å². The first-order chi connectivity index (χ1) is 9.69. The van der Waals surface area contributed by atoms with Crippen LogP contribution in [0.3, 0.4) is 0 Å². The van der Waals surface area contributed by atoms with E-state index in [9.17, 15) is 0 Å². The summed E-state index contributed by atoms with van der Waals surface area (Å²) in [5.41, 5.74) is 2.61. The largest absolute Gasteiger partial charge is 0.370 e. The number of hydrogen-bond acceptors (Lipinski definition) is 5. The van der Waals surface area contributed by atoms with Crippen LogP contribution < -0.4 is 10.6 Å². The maximum atomic E-state index is 8.61. The van der Waals surface area contributed by atoms with Crippen LogP contribution in [0.2, 0.25) is 0 Å². The number of nitrogens with zero attached hydrogens (tertiary/aromatic N) is 3. The van der Waals surface area contributed by atoms with Gasteiger partial charge in [0.05, 0.1) is 0 Å². The minimum atomic E-state index is 0.512. The van der Waals surface area contributed by atoms with Gasteiger partial charge in [0.1, 0.15) is 17.5 Å². The van der Waals surface area contributed by atoms with E-state index in [0.717, 1.165) is 18.8 Å². The second-order valence-corrected chi connectivity index (χ2v) is 4.53. The number of rotatable bonds is 5. The third kappa shape index (κ3) is 3.69. The van der Waals surface area contributed by atoms with Crippen LogP contribution in [0.5, 0.6) is 0 Å². The lowest BCUT2D eigenvalue weighted by molar-refractivity contribution is 0.975. The third-order valence-electron chi connectivity index (χ3n) is 2.98. The number of nitriles is 1. The summed E-state index contributed by atoms with van der Waals surface area (Å²) in [5, 5.41) is 14.4. The molecule has 0 saturated carbocycles. The van der Waals surface area contributed by atoms with E-state index < -0.39 is 0 Å². The van der Waals surface area contributed by atoms with Gasteiger partial charge >= 0.3 is 0 Å². The molecule has 0 amide bonds. The fourth-order valence-corrected chi connectivity index (χ4v) is 2.00. The Hall–Kier alpha value is -2.61. The van der Waals surface area contributed by atoms with E-state index in [-0.39, 0.29) is 0 Å². The molecule has 2 N–H and O–H groups in total. The Kier molecular flexibility index (Phi) is 4.51. The van der Waals surface area contributed by atoms with E-state index in [1.807, 2.05) is 18.3 Å². The molecule has 20 heavy (non-hydrogen) atoms. The van der Waals surface area contributed by atoms with Crippen LogP contribution >= 0.6 is 0 Å². The normalized spacial score (nSPS) is 9.85. The number of aryl methyl sites for hydroxylation is 2. The maximum Gasteiger partial charge on any atom is 0.182 e. The predicted molar refractivity (Wildman–Crippen MR) is 79.4 cm³/mol. The van der Waals surface area contributed by atoms with Crippen molar-refractivity contribution in [2.75, 3.05) is 17.2 Å². The number of nitrogens with one attached hydrogen (secondary N) is 2. The van der Waals surface area contributed by atoms with Gasteiger partial charge in [0, 0.05) is 12.6 Å². The predicted octanol–water partition coefficient (Wildman–Crippen LogP) is 2.64. The van der Waals surface area contributed by atoms with Crippen molar-refractivity contribution in [2.45, 2.75) is 20.3 Å². The van der Waals surface area contributed by atoms with Gasteiger partial charge in [0.25, 0.3) is 0 Å². The minimum absolute atomic E-state index is 0.512. The van der Waals surface area contributed by atoms with Crippen molar-refractivity contribution in [1.82, 2.24) is 9.97 Å². The van der Waals surface area contributed by atoms with Crippen LogP contribution in [0.4, 0.5) is 11.6 Å². The molecule has 0 unspecified atom stereocenters. The average Bonchev–Trinajstić information content (AvgIpc) is 2.41. The van der Waals surface area contributed by atoms with Crippen molar-refractivity contribution in [3.63, 3.8) is 0 Å². The Bertz CT molecular complexity index is 630. The first kappa shape index (κ1) is 13.8. The molecule has 2 rings (SSSR count). The van der Waals surface area contributed by atoms with Gasteiger partial charge in [0.2, 0.25) is 0 Å². The van der Waals surface area contributed by atoms with E-state index in [2.05, 4.69) is 39.7 Å². The standard InChI is InChI=1S/C15H17N5/c1-11-5-3-4-6-13(11)7-8-17-14-9-15(18-10-16)20-12(2)19-14/h3-6,9H,7-8H2,1-2H3,(H2,17,18,19,20).